The van der Waals surface area contributed by atoms with Gasteiger partial charge in [-0.3, -0.25) is 14.5 Å². The first-order valence-corrected chi connectivity index (χ1v) is 9.67. The number of para-hydroxylation sites is 1. The fourth-order valence-electron chi connectivity index (χ4n) is 3.04. The van der Waals surface area contributed by atoms with E-state index in [1.807, 2.05) is 6.92 Å². The molecule has 0 unspecified atom stereocenters. The second-order valence-corrected chi connectivity index (χ2v) is 7.07. The van der Waals surface area contributed by atoms with E-state index in [2.05, 4.69) is 10.6 Å². The van der Waals surface area contributed by atoms with Crippen molar-refractivity contribution in [2.24, 2.45) is 0 Å². The number of hydrogen-bond donors (Lipinski definition) is 2. The first-order chi connectivity index (χ1) is 14.2. The molecule has 1 aliphatic rings. The molecule has 2 aromatic rings. The van der Waals surface area contributed by atoms with Crippen LogP contribution in [0.25, 0.3) is 0 Å². The Kier molecular flexibility index (Phi) is 6.36. The molecule has 0 atom stereocenters. The molecule has 9 heteroatoms. The van der Waals surface area contributed by atoms with Gasteiger partial charge in [-0.05, 0) is 36.8 Å². The zero-order chi connectivity index (χ0) is 21.9. The number of unbranched alkanes of at least 4 members (excludes halogenated alkanes) is 1. The molecule has 2 aromatic carbocycles. The number of amides is 2. The van der Waals surface area contributed by atoms with Crippen LogP contribution in [-0.4, -0.2) is 18.4 Å². The van der Waals surface area contributed by atoms with Crippen molar-refractivity contribution in [3.63, 3.8) is 0 Å². The van der Waals surface area contributed by atoms with Gasteiger partial charge in [-0.25, -0.2) is 0 Å². The topological polar surface area (TPSA) is 61.4 Å². The molecule has 0 bridgehead atoms. The molecule has 3 rings (SSSR count). The number of anilines is 3. The number of fused-ring (bicyclic) bond motifs is 1. The summed E-state index contributed by atoms with van der Waals surface area (Å²) in [6.45, 7) is 2.49. The Morgan fingerprint density at radius 1 is 1.13 bits per heavy atom. The molecule has 158 valence electrons. The molecule has 30 heavy (non-hydrogen) atoms. The van der Waals surface area contributed by atoms with Crippen molar-refractivity contribution in [1.29, 1.82) is 0 Å². The summed E-state index contributed by atoms with van der Waals surface area (Å²) in [5.41, 5.74) is -1.48. The molecule has 2 amide bonds. The van der Waals surface area contributed by atoms with E-state index in [1.54, 1.807) is 0 Å². The van der Waals surface area contributed by atoms with Crippen molar-refractivity contribution in [3.8, 4) is 0 Å². The molecule has 0 radical (unpaired) electrons. The van der Waals surface area contributed by atoms with E-state index in [9.17, 15) is 22.8 Å². The predicted molar refractivity (Wildman–Crippen MR) is 110 cm³/mol. The third kappa shape index (κ3) is 4.43. The van der Waals surface area contributed by atoms with Crippen LogP contribution in [0.4, 0.5) is 30.2 Å². The lowest BCUT2D eigenvalue weighted by molar-refractivity contribution is -0.137. The van der Waals surface area contributed by atoms with Crippen molar-refractivity contribution < 1.29 is 22.8 Å². The van der Waals surface area contributed by atoms with Crippen LogP contribution in [0.5, 0.6) is 0 Å². The summed E-state index contributed by atoms with van der Waals surface area (Å²) >= 11 is 6.05. The maximum Gasteiger partial charge on any atom is 0.418 e. The minimum Gasteiger partial charge on any atom is -0.390 e. The van der Waals surface area contributed by atoms with E-state index in [0.717, 1.165) is 23.8 Å². The van der Waals surface area contributed by atoms with Crippen LogP contribution >= 0.6 is 11.6 Å². The van der Waals surface area contributed by atoms with Gasteiger partial charge in [0.05, 0.1) is 22.6 Å². The summed E-state index contributed by atoms with van der Waals surface area (Å²) in [5, 5.41) is 5.67. The Labute approximate surface area is 176 Å². The first kappa shape index (κ1) is 21.7. The number of alkyl halides is 3. The fourth-order valence-corrected chi connectivity index (χ4v) is 3.21. The largest absolute Gasteiger partial charge is 0.418 e. The summed E-state index contributed by atoms with van der Waals surface area (Å²) in [5.74, 6) is -1.62. The second-order valence-electron chi connectivity index (χ2n) is 6.64. The second kappa shape index (κ2) is 8.79. The highest BCUT2D eigenvalue weighted by molar-refractivity contribution is 6.34. The molecule has 5 nitrogen and oxygen atoms in total. The normalized spacial score (nSPS) is 15.6. The van der Waals surface area contributed by atoms with Gasteiger partial charge in [-0.1, -0.05) is 37.1 Å². The molecule has 0 spiro atoms. The van der Waals surface area contributed by atoms with Crippen molar-refractivity contribution in [2.45, 2.75) is 25.9 Å². The Bertz CT molecular complexity index is 1010. The van der Waals surface area contributed by atoms with Gasteiger partial charge in [-0.2, -0.15) is 13.2 Å². The monoisotopic (exact) mass is 437 g/mol. The summed E-state index contributed by atoms with van der Waals surface area (Å²) < 4.78 is 41.0. The van der Waals surface area contributed by atoms with Crippen LogP contribution in [0.1, 0.15) is 25.3 Å². The molecule has 0 aromatic heterocycles. The average molecular weight is 438 g/mol. The quantitative estimate of drug-likeness (QED) is 0.381. The van der Waals surface area contributed by atoms with E-state index >= 15 is 0 Å². The fraction of sp³-hybridized carbons (Fsp3) is 0.238. The van der Waals surface area contributed by atoms with Crippen LogP contribution in [0.15, 0.2) is 54.2 Å². The van der Waals surface area contributed by atoms with Gasteiger partial charge in [-0.15, -0.1) is 0 Å². The maximum absolute atomic E-state index is 13.7. The molecular formula is C21H19ClF3N3O2. The smallest absolute Gasteiger partial charge is 0.390 e. The van der Waals surface area contributed by atoms with Gasteiger partial charge < -0.3 is 10.6 Å². The van der Waals surface area contributed by atoms with E-state index in [1.165, 1.54) is 42.6 Å². The molecule has 1 heterocycles. The number of carbonyl (C=O) groups excluding carboxylic acids is 2. The lowest BCUT2D eigenvalue weighted by Gasteiger charge is -2.26. The number of rotatable bonds is 5. The molecule has 1 aliphatic heterocycles. The SMILES string of the molecule is CCCCNC=C1C(=O)Nc2ccc(Cl)cc2N(c2ccccc2C(F)(F)F)C1=O. The Hall–Kier alpha value is -3.00. The zero-order valence-corrected chi connectivity index (χ0v) is 16.8. The molecular weight excluding hydrogens is 419 g/mol. The van der Waals surface area contributed by atoms with Crippen LogP contribution < -0.4 is 15.5 Å². The predicted octanol–water partition coefficient (Wildman–Crippen LogP) is 5.25. The van der Waals surface area contributed by atoms with Gasteiger partial charge in [0.2, 0.25) is 0 Å². The summed E-state index contributed by atoms with van der Waals surface area (Å²) in [4.78, 5) is 26.9. The standard InChI is InChI=1S/C21H19ClF3N3O2/c1-2-3-10-26-12-14-19(29)27-16-9-8-13(22)11-18(16)28(20(14)30)17-7-5-4-6-15(17)21(23,24)25/h4-9,11-12,26H,2-3,10H2,1H3,(H,27,29). The lowest BCUT2D eigenvalue weighted by Crippen LogP contribution is -2.32. The highest BCUT2D eigenvalue weighted by atomic mass is 35.5. The lowest BCUT2D eigenvalue weighted by atomic mass is 10.1. The highest BCUT2D eigenvalue weighted by Crippen LogP contribution is 2.43. The number of nitrogens with one attached hydrogen (secondary N) is 2. The molecule has 0 saturated heterocycles. The van der Waals surface area contributed by atoms with Crippen molar-refractivity contribution in [3.05, 3.63) is 64.8 Å². The van der Waals surface area contributed by atoms with Gasteiger partial charge in [0.15, 0.2) is 0 Å². The van der Waals surface area contributed by atoms with Crippen LogP contribution in [0.3, 0.4) is 0 Å². The number of benzene rings is 2. The van der Waals surface area contributed by atoms with E-state index in [0.29, 0.717) is 6.54 Å². The van der Waals surface area contributed by atoms with E-state index < -0.39 is 29.2 Å². The molecule has 0 aliphatic carbocycles. The van der Waals surface area contributed by atoms with Gasteiger partial charge in [0.1, 0.15) is 5.57 Å². The Balaban J connectivity index is 2.19. The summed E-state index contributed by atoms with van der Waals surface area (Å²) in [6, 6.07) is 8.96. The minimum atomic E-state index is -4.71. The van der Waals surface area contributed by atoms with Crippen molar-refractivity contribution >= 4 is 40.5 Å². The van der Waals surface area contributed by atoms with Crippen LogP contribution in [-0.2, 0) is 15.8 Å². The number of nitrogens with zero attached hydrogens (tertiary/aromatic N) is 1. The Morgan fingerprint density at radius 2 is 1.87 bits per heavy atom. The van der Waals surface area contributed by atoms with E-state index in [-0.39, 0.29) is 22.0 Å². The number of hydrogen-bond acceptors (Lipinski definition) is 3. The number of halogens is 4. The van der Waals surface area contributed by atoms with Gasteiger partial charge in [0.25, 0.3) is 11.8 Å². The Morgan fingerprint density at radius 3 is 2.57 bits per heavy atom. The molecule has 0 saturated carbocycles. The summed E-state index contributed by atoms with van der Waals surface area (Å²) in [6.07, 6.45) is -1.77. The molecule has 2 N–H and O–H groups in total. The van der Waals surface area contributed by atoms with E-state index in [4.69, 9.17) is 11.6 Å². The first-order valence-electron chi connectivity index (χ1n) is 9.29. The van der Waals surface area contributed by atoms with Crippen molar-refractivity contribution in [1.82, 2.24) is 5.32 Å². The summed E-state index contributed by atoms with van der Waals surface area (Å²) in [7, 11) is 0. The minimum absolute atomic E-state index is 0.0505. The molecule has 0 fully saturated rings. The average Bonchev–Trinajstić information content (AvgIpc) is 2.78. The highest BCUT2D eigenvalue weighted by Gasteiger charge is 2.39. The maximum atomic E-state index is 13.7. The third-order valence-corrected chi connectivity index (χ3v) is 4.73. The van der Waals surface area contributed by atoms with Gasteiger partial charge in [0, 0.05) is 17.8 Å². The van der Waals surface area contributed by atoms with Crippen molar-refractivity contribution in [2.75, 3.05) is 16.8 Å². The third-order valence-electron chi connectivity index (χ3n) is 4.50. The number of carbonyl (C=O) groups is 2. The zero-order valence-electron chi connectivity index (χ0n) is 16.0. The van der Waals surface area contributed by atoms with Crippen LogP contribution in [0, 0.1) is 0 Å². The van der Waals surface area contributed by atoms with Crippen LogP contribution in [0.2, 0.25) is 5.02 Å². The van der Waals surface area contributed by atoms with Gasteiger partial charge >= 0.3 is 6.18 Å².